The summed E-state index contributed by atoms with van der Waals surface area (Å²) < 4.78 is 12.7. The number of carbonyl (C=O) groups is 1. The Morgan fingerprint density at radius 2 is 2.18 bits per heavy atom. The highest BCUT2D eigenvalue weighted by Gasteiger charge is 2.27. The molecule has 0 aliphatic carbocycles. The fraction of sp³-hybridized carbons (Fsp3) is 0.417. The second-order valence-electron chi connectivity index (χ2n) is 4.11. The molecule has 1 atom stereocenters. The molecular formula is C12H15FN2O2. The number of likely N-dealkylation sites (tertiary alicyclic amines) is 1. The zero-order valence-electron chi connectivity index (χ0n) is 9.40. The molecule has 2 rings (SSSR count). The third kappa shape index (κ3) is 2.74. The molecule has 1 aliphatic rings. The lowest BCUT2D eigenvalue weighted by Gasteiger charge is -2.23. The van der Waals surface area contributed by atoms with Crippen LogP contribution >= 0.6 is 0 Å². The van der Waals surface area contributed by atoms with Gasteiger partial charge in [0, 0.05) is 12.2 Å². The Bertz CT molecular complexity index is 394. The molecule has 4 nitrogen and oxygen atoms in total. The lowest BCUT2D eigenvalue weighted by atomic mass is 10.2. The quantitative estimate of drug-likeness (QED) is 0.825. The minimum Gasteiger partial charge on any atom is -0.394 e. The summed E-state index contributed by atoms with van der Waals surface area (Å²) in [6.07, 6.45) is 1.73. The predicted molar refractivity (Wildman–Crippen MR) is 62.2 cm³/mol. The molecule has 1 fully saturated rings. The van der Waals surface area contributed by atoms with E-state index in [1.807, 2.05) is 0 Å². The molecule has 1 aromatic carbocycles. The van der Waals surface area contributed by atoms with Crippen LogP contribution < -0.4 is 5.32 Å². The van der Waals surface area contributed by atoms with Gasteiger partial charge in [0.2, 0.25) is 0 Å². The van der Waals surface area contributed by atoms with E-state index in [9.17, 15) is 9.18 Å². The van der Waals surface area contributed by atoms with E-state index in [-0.39, 0.29) is 24.5 Å². The Balaban J connectivity index is 1.99. The smallest absolute Gasteiger partial charge is 0.322 e. The number of halogens is 1. The first-order valence-corrected chi connectivity index (χ1v) is 5.65. The summed E-state index contributed by atoms with van der Waals surface area (Å²) in [5.74, 6) is -0.336. The molecule has 2 amide bonds. The maximum Gasteiger partial charge on any atom is 0.322 e. The van der Waals surface area contributed by atoms with Crippen LogP contribution in [0.2, 0.25) is 0 Å². The summed E-state index contributed by atoms with van der Waals surface area (Å²) in [6.45, 7) is 0.634. The van der Waals surface area contributed by atoms with E-state index in [1.165, 1.54) is 24.3 Å². The average molecular weight is 238 g/mol. The van der Waals surface area contributed by atoms with Crippen LogP contribution in [0.15, 0.2) is 24.3 Å². The van der Waals surface area contributed by atoms with Gasteiger partial charge in [-0.2, -0.15) is 0 Å². The fourth-order valence-electron chi connectivity index (χ4n) is 2.02. The number of rotatable bonds is 2. The van der Waals surface area contributed by atoms with E-state index < -0.39 is 0 Å². The second kappa shape index (κ2) is 5.14. The van der Waals surface area contributed by atoms with Crippen LogP contribution in [0.1, 0.15) is 12.8 Å². The number of nitrogens with one attached hydrogen (secondary N) is 1. The van der Waals surface area contributed by atoms with Gasteiger partial charge in [0.1, 0.15) is 5.82 Å². The number of anilines is 1. The molecule has 0 bridgehead atoms. The summed E-state index contributed by atoms with van der Waals surface area (Å²) in [6, 6.07) is 5.27. The number of benzene rings is 1. The molecule has 0 aromatic heterocycles. The van der Waals surface area contributed by atoms with E-state index in [2.05, 4.69) is 5.32 Å². The van der Waals surface area contributed by atoms with Crippen molar-refractivity contribution in [2.45, 2.75) is 18.9 Å². The number of hydrogen-bond acceptors (Lipinski definition) is 2. The van der Waals surface area contributed by atoms with Gasteiger partial charge in [0.15, 0.2) is 0 Å². The van der Waals surface area contributed by atoms with Crippen LogP contribution in [-0.2, 0) is 0 Å². The van der Waals surface area contributed by atoms with E-state index in [1.54, 1.807) is 4.90 Å². The van der Waals surface area contributed by atoms with Crippen molar-refractivity contribution >= 4 is 11.7 Å². The number of nitrogens with zero attached hydrogens (tertiary/aromatic N) is 1. The van der Waals surface area contributed by atoms with Crippen molar-refractivity contribution in [2.75, 3.05) is 18.5 Å². The van der Waals surface area contributed by atoms with Gasteiger partial charge >= 0.3 is 6.03 Å². The number of hydrogen-bond donors (Lipinski definition) is 2. The molecule has 5 heteroatoms. The van der Waals surface area contributed by atoms with Gasteiger partial charge in [0.05, 0.1) is 12.6 Å². The Hall–Kier alpha value is -1.62. The van der Waals surface area contributed by atoms with Crippen molar-refractivity contribution in [1.82, 2.24) is 4.90 Å². The van der Waals surface area contributed by atoms with Gasteiger partial charge in [-0.05, 0) is 37.1 Å². The number of aliphatic hydroxyl groups is 1. The van der Waals surface area contributed by atoms with Crippen LogP contribution in [0.25, 0.3) is 0 Å². The highest BCUT2D eigenvalue weighted by atomic mass is 19.1. The zero-order chi connectivity index (χ0) is 12.3. The largest absolute Gasteiger partial charge is 0.394 e. The fourth-order valence-corrected chi connectivity index (χ4v) is 2.02. The average Bonchev–Trinajstić information content (AvgIpc) is 2.80. The molecule has 92 valence electrons. The van der Waals surface area contributed by atoms with Crippen molar-refractivity contribution in [3.8, 4) is 0 Å². The number of urea groups is 1. The summed E-state index contributed by atoms with van der Waals surface area (Å²) >= 11 is 0. The zero-order valence-corrected chi connectivity index (χ0v) is 9.40. The van der Waals surface area contributed by atoms with Gasteiger partial charge in [-0.25, -0.2) is 9.18 Å². The first kappa shape index (κ1) is 11.9. The topological polar surface area (TPSA) is 52.6 Å². The van der Waals surface area contributed by atoms with Gasteiger partial charge < -0.3 is 15.3 Å². The van der Waals surface area contributed by atoms with E-state index in [4.69, 9.17) is 5.11 Å². The van der Waals surface area contributed by atoms with Crippen molar-refractivity contribution in [1.29, 1.82) is 0 Å². The Kier molecular flexibility index (Phi) is 3.58. The van der Waals surface area contributed by atoms with Gasteiger partial charge in [-0.15, -0.1) is 0 Å². The Morgan fingerprint density at radius 3 is 2.82 bits per heavy atom. The Morgan fingerprint density at radius 1 is 1.47 bits per heavy atom. The van der Waals surface area contributed by atoms with Crippen LogP contribution in [0.5, 0.6) is 0 Å². The standard InChI is InChI=1S/C12H15FN2O2/c13-9-3-5-10(6-4-9)14-12(17)15-7-1-2-11(15)8-16/h3-6,11,16H,1-2,7-8H2,(H,14,17)/t11-/m0/s1. The summed E-state index contributed by atoms with van der Waals surface area (Å²) in [7, 11) is 0. The maximum atomic E-state index is 12.7. The molecular weight excluding hydrogens is 223 g/mol. The molecule has 1 aromatic rings. The highest BCUT2D eigenvalue weighted by Crippen LogP contribution is 2.18. The minimum atomic E-state index is -0.336. The lowest BCUT2D eigenvalue weighted by molar-refractivity contribution is 0.166. The second-order valence-corrected chi connectivity index (χ2v) is 4.11. The first-order chi connectivity index (χ1) is 8.20. The number of amides is 2. The van der Waals surface area contributed by atoms with Gasteiger partial charge in [0.25, 0.3) is 0 Å². The molecule has 0 unspecified atom stereocenters. The highest BCUT2D eigenvalue weighted by molar-refractivity contribution is 5.89. The number of carbonyl (C=O) groups excluding carboxylic acids is 1. The molecule has 0 radical (unpaired) electrons. The van der Waals surface area contributed by atoms with Crippen molar-refractivity contribution in [2.24, 2.45) is 0 Å². The molecule has 1 aliphatic heterocycles. The maximum absolute atomic E-state index is 12.7. The monoisotopic (exact) mass is 238 g/mol. The normalized spacial score (nSPS) is 19.4. The third-order valence-corrected chi connectivity index (χ3v) is 2.94. The lowest BCUT2D eigenvalue weighted by Crippen LogP contribution is -2.40. The van der Waals surface area contributed by atoms with Gasteiger partial charge in [-0.1, -0.05) is 0 Å². The number of aliphatic hydroxyl groups excluding tert-OH is 1. The van der Waals surface area contributed by atoms with Crippen molar-refractivity contribution in [3.05, 3.63) is 30.1 Å². The molecule has 1 heterocycles. The van der Waals surface area contributed by atoms with Crippen LogP contribution in [0.4, 0.5) is 14.9 Å². The third-order valence-electron chi connectivity index (χ3n) is 2.94. The summed E-state index contributed by atoms with van der Waals surface area (Å²) in [4.78, 5) is 13.5. The van der Waals surface area contributed by atoms with Crippen molar-refractivity contribution in [3.63, 3.8) is 0 Å². The van der Waals surface area contributed by atoms with E-state index >= 15 is 0 Å². The molecule has 17 heavy (non-hydrogen) atoms. The minimum absolute atomic E-state index is 0.0170. The van der Waals surface area contributed by atoms with Crippen molar-refractivity contribution < 1.29 is 14.3 Å². The summed E-state index contributed by atoms with van der Waals surface area (Å²) in [5, 5.41) is 11.8. The first-order valence-electron chi connectivity index (χ1n) is 5.65. The SMILES string of the molecule is O=C(Nc1ccc(F)cc1)N1CCC[C@H]1CO. The molecule has 2 N–H and O–H groups in total. The van der Waals surface area contributed by atoms with Crippen LogP contribution in [0.3, 0.4) is 0 Å². The Labute approximate surface area is 99.0 Å². The molecule has 0 spiro atoms. The van der Waals surface area contributed by atoms with E-state index in [0.29, 0.717) is 12.2 Å². The molecule has 1 saturated heterocycles. The van der Waals surface area contributed by atoms with Gasteiger partial charge in [-0.3, -0.25) is 0 Å². The van der Waals surface area contributed by atoms with E-state index in [0.717, 1.165) is 12.8 Å². The van der Waals surface area contributed by atoms with Crippen LogP contribution in [-0.4, -0.2) is 35.2 Å². The molecule has 0 saturated carbocycles. The van der Waals surface area contributed by atoms with Crippen LogP contribution in [0, 0.1) is 5.82 Å². The predicted octanol–water partition coefficient (Wildman–Crippen LogP) is 1.81. The summed E-state index contributed by atoms with van der Waals surface area (Å²) in [5.41, 5.74) is 0.556.